The first-order chi connectivity index (χ1) is 28.2. The molecule has 13 heteroatoms. The fraction of sp³-hybridized carbons (Fsp3) is 0.875. The molecule has 1 heterocycles. The van der Waals surface area contributed by atoms with E-state index in [1.54, 1.807) is 20.8 Å². The molecule has 0 aromatic rings. The molecule has 1 aliphatic heterocycles. The highest BCUT2D eigenvalue weighted by molar-refractivity contribution is 5.88. The fourth-order valence-electron chi connectivity index (χ4n) is 14.4. The summed E-state index contributed by atoms with van der Waals surface area (Å²) >= 11 is 0. The number of rotatable bonds is 17. The number of cyclic esters (lactones) is 1. The first-order valence-electron chi connectivity index (χ1n) is 23.2. The molecule has 8 saturated carbocycles. The molecule has 0 amide bonds. The van der Waals surface area contributed by atoms with Gasteiger partial charge in [-0.25, -0.2) is 9.59 Å². The summed E-state index contributed by atoms with van der Waals surface area (Å²) in [7, 11) is 0. The quantitative estimate of drug-likeness (QED) is 0.107. The van der Waals surface area contributed by atoms with Gasteiger partial charge in [-0.15, -0.1) is 0 Å². The Kier molecular flexibility index (Phi) is 11.6. The monoisotopic (exact) mass is 856 g/mol. The van der Waals surface area contributed by atoms with Crippen LogP contribution in [-0.4, -0.2) is 81.1 Å². The molecule has 0 aromatic heterocycles. The average Bonchev–Trinajstić information content (AvgIpc) is 3.54. The van der Waals surface area contributed by atoms with Crippen LogP contribution >= 0.6 is 0 Å². The maximum atomic E-state index is 15.1. The molecule has 9 fully saturated rings. The van der Waals surface area contributed by atoms with Crippen LogP contribution in [0.1, 0.15) is 171 Å². The number of aliphatic hydroxyl groups is 1. The van der Waals surface area contributed by atoms with Crippen molar-refractivity contribution in [1.29, 1.82) is 0 Å². The van der Waals surface area contributed by atoms with Crippen molar-refractivity contribution in [3.05, 3.63) is 0 Å². The molecule has 8 aliphatic carbocycles. The Hall–Kier alpha value is -3.22. The summed E-state index contributed by atoms with van der Waals surface area (Å²) in [4.78, 5) is 83.7. The van der Waals surface area contributed by atoms with Gasteiger partial charge in [-0.3, -0.25) is 19.2 Å². The van der Waals surface area contributed by atoms with Crippen molar-refractivity contribution in [2.45, 2.75) is 200 Å². The van der Waals surface area contributed by atoms with Gasteiger partial charge in [0.05, 0.1) is 33.9 Å². The van der Waals surface area contributed by atoms with Crippen molar-refractivity contribution in [3.8, 4) is 0 Å². The predicted molar refractivity (Wildman–Crippen MR) is 220 cm³/mol. The van der Waals surface area contributed by atoms with Crippen LogP contribution in [0.4, 0.5) is 0 Å². The number of esters is 5. The minimum Gasteiger partial charge on any atom is -0.481 e. The Labute approximate surface area is 361 Å². The number of ether oxygens (including phenoxy) is 5. The molecule has 61 heavy (non-hydrogen) atoms. The summed E-state index contributed by atoms with van der Waals surface area (Å²) in [6.45, 7) is 14.8. The zero-order valence-electron chi connectivity index (χ0n) is 38.2. The zero-order valence-corrected chi connectivity index (χ0v) is 38.2. The van der Waals surface area contributed by atoms with Crippen molar-refractivity contribution in [3.63, 3.8) is 0 Å². The number of carboxylic acid groups (broad SMARTS) is 1. The van der Waals surface area contributed by atoms with Crippen molar-refractivity contribution >= 4 is 35.8 Å². The van der Waals surface area contributed by atoms with E-state index in [0.717, 1.165) is 32.1 Å². The third-order valence-electron chi connectivity index (χ3n) is 16.8. The van der Waals surface area contributed by atoms with Crippen molar-refractivity contribution in [2.24, 2.45) is 57.2 Å². The van der Waals surface area contributed by atoms with Gasteiger partial charge in [0, 0.05) is 12.8 Å². The summed E-state index contributed by atoms with van der Waals surface area (Å²) in [6, 6.07) is 0. The van der Waals surface area contributed by atoms with E-state index in [1.807, 2.05) is 6.92 Å². The molecule has 0 aromatic carbocycles. The summed E-state index contributed by atoms with van der Waals surface area (Å²) in [6.07, 6.45) is 8.44. The molecule has 13 nitrogen and oxygen atoms in total. The fourth-order valence-corrected chi connectivity index (χ4v) is 14.4. The number of carboxylic acids is 1. The van der Waals surface area contributed by atoms with Gasteiger partial charge in [-0.1, -0.05) is 13.8 Å². The molecule has 1 saturated heterocycles. The largest absolute Gasteiger partial charge is 0.481 e. The molecule has 0 radical (unpaired) electrons. The van der Waals surface area contributed by atoms with Crippen LogP contribution in [0.3, 0.4) is 0 Å². The Morgan fingerprint density at radius 2 is 1.21 bits per heavy atom. The van der Waals surface area contributed by atoms with E-state index in [1.165, 1.54) is 34.1 Å². The molecule has 9 rings (SSSR count). The Morgan fingerprint density at radius 3 is 1.70 bits per heavy atom. The second kappa shape index (κ2) is 15.5. The lowest BCUT2D eigenvalue weighted by Gasteiger charge is -2.60. The van der Waals surface area contributed by atoms with Crippen molar-refractivity contribution in [2.75, 3.05) is 6.61 Å². The van der Waals surface area contributed by atoms with Gasteiger partial charge >= 0.3 is 35.8 Å². The molecule has 342 valence electrons. The molecule has 6 atom stereocenters. The first kappa shape index (κ1) is 45.8. The predicted octanol–water partition coefficient (Wildman–Crippen LogP) is 7.65. The van der Waals surface area contributed by atoms with Gasteiger partial charge in [-0.05, 0) is 180 Å². The molecule has 0 spiro atoms. The normalized spacial score (nSPS) is 37.8. The van der Waals surface area contributed by atoms with Gasteiger partial charge < -0.3 is 33.9 Å². The molecule has 8 bridgehead atoms. The molecular formula is C48H72O13. The Bertz CT molecular complexity index is 1760. The topological polar surface area (TPSA) is 189 Å². The van der Waals surface area contributed by atoms with Crippen LogP contribution in [0.2, 0.25) is 0 Å². The minimum absolute atomic E-state index is 0.0893. The van der Waals surface area contributed by atoms with E-state index < -0.39 is 86.0 Å². The number of hydrogen-bond acceptors (Lipinski definition) is 12. The average molecular weight is 857 g/mol. The third-order valence-corrected chi connectivity index (χ3v) is 16.8. The smallest absolute Gasteiger partial charge is 0.350 e. The van der Waals surface area contributed by atoms with Gasteiger partial charge in [0.25, 0.3) is 0 Å². The lowest BCUT2D eigenvalue weighted by molar-refractivity contribution is -0.228. The van der Waals surface area contributed by atoms with Gasteiger partial charge in [-0.2, -0.15) is 0 Å². The van der Waals surface area contributed by atoms with Crippen LogP contribution in [-0.2, 0) is 52.5 Å². The molecular weight excluding hydrogens is 785 g/mol. The standard InChI is InChI=1S/C48H72O13/c1-10-43(7,38(53)61-48(11-2)32-16-28-14-29(18-32)19-33(48)17-28)25-45(9,39(54)59-42(5,6)37(52)58-34-12-13-57-35(34)49)26-44(8,24-41(3,4)36(50)51)40(55)60-47-22-30-15-31(23-47)21-46(56,20-30)27-47/h28-34,56H,10-27H2,1-9H3,(H,50,51). The maximum absolute atomic E-state index is 15.1. The number of aliphatic carboxylic acids is 1. The third kappa shape index (κ3) is 8.48. The van der Waals surface area contributed by atoms with Crippen LogP contribution in [0.25, 0.3) is 0 Å². The number of hydrogen-bond donors (Lipinski definition) is 2. The van der Waals surface area contributed by atoms with Crippen molar-refractivity contribution in [1.82, 2.24) is 0 Å². The summed E-state index contributed by atoms with van der Waals surface area (Å²) in [5.41, 5.74) is -10.5. The Morgan fingerprint density at radius 1 is 0.689 bits per heavy atom. The van der Waals surface area contributed by atoms with E-state index >= 15 is 9.59 Å². The highest BCUT2D eigenvalue weighted by Crippen LogP contribution is 2.62. The molecule has 9 aliphatic rings. The SMILES string of the molecule is CCC(C)(CC(C)(CC(C)(CC(C)(C)C(=O)O)C(=O)OC12CC3CC(CC(O)(C3)C1)C2)C(=O)OC(C)(C)C(=O)OC1CCOC1=O)C(=O)OC1(CC)C2CC3CC(C2)CC1C3. The van der Waals surface area contributed by atoms with Crippen molar-refractivity contribution < 1.29 is 62.7 Å². The minimum atomic E-state index is -1.91. The summed E-state index contributed by atoms with van der Waals surface area (Å²) in [5, 5.41) is 22.0. The van der Waals surface area contributed by atoms with Gasteiger partial charge in [0.1, 0.15) is 11.2 Å². The van der Waals surface area contributed by atoms with E-state index in [9.17, 15) is 29.4 Å². The van der Waals surface area contributed by atoms with E-state index in [-0.39, 0.29) is 62.4 Å². The first-order valence-corrected chi connectivity index (χ1v) is 23.2. The lowest BCUT2D eigenvalue weighted by Crippen LogP contribution is -2.61. The van der Waals surface area contributed by atoms with Crippen LogP contribution < -0.4 is 0 Å². The molecule has 2 N–H and O–H groups in total. The van der Waals surface area contributed by atoms with E-state index in [0.29, 0.717) is 50.4 Å². The second-order valence-electron chi connectivity index (χ2n) is 23.3. The number of carbonyl (C=O) groups excluding carboxylic acids is 5. The van der Waals surface area contributed by atoms with Gasteiger partial charge in [0.2, 0.25) is 11.7 Å². The lowest BCUT2D eigenvalue weighted by atomic mass is 9.49. The highest BCUT2D eigenvalue weighted by atomic mass is 16.6. The maximum Gasteiger partial charge on any atom is 0.350 e. The van der Waals surface area contributed by atoms with Gasteiger partial charge in [0.15, 0.2) is 0 Å². The number of carbonyl (C=O) groups is 6. The second-order valence-corrected chi connectivity index (χ2v) is 23.3. The summed E-state index contributed by atoms with van der Waals surface area (Å²) < 4.78 is 29.9. The highest BCUT2D eigenvalue weighted by Gasteiger charge is 2.63. The van der Waals surface area contributed by atoms with Crippen LogP contribution in [0.15, 0.2) is 0 Å². The van der Waals surface area contributed by atoms with E-state index in [4.69, 9.17) is 23.7 Å². The van der Waals surface area contributed by atoms with Crippen LogP contribution in [0, 0.1) is 57.2 Å². The Balaban J connectivity index is 1.23. The van der Waals surface area contributed by atoms with Crippen LogP contribution in [0.5, 0.6) is 0 Å². The summed E-state index contributed by atoms with van der Waals surface area (Å²) in [5.74, 6) is -2.58. The van der Waals surface area contributed by atoms with E-state index in [2.05, 4.69) is 6.92 Å². The zero-order chi connectivity index (χ0) is 44.8. The molecule has 6 unspecified atom stereocenters.